The smallest absolute Gasteiger partial charge is 0.244 e. The summed E-state index contributed by atoms with van der Waals surface area (Å²) < 4.78 is 0. The van der Waals surface area contributed by atoms with Crippen LogP contribution in [0.2, 0.25) is 0 Å². The van der Waals surface area contributed by atoms with Gasteiger partial charge in [-0.1, -0.05) is 19.9 Å². The normalized spacial score (nSPS) is 16.0. The summed E-state index contributed by atoms with van der Waals surface area (Å²) in [6, 6.07) is 0. The number of nitrogens with two attached hydrogens (primary N) is 1. The summed E-state index contributed by atoms with van der Waals surface area (Å²) in [6.45, 7) is 4.00. The monoisotopic (exact) mass is 157 g/mol. The Labute approximate surface area is 70.0 Å². The average molecular weight is 157 g/mol. The SMILES string of the molecule is CC.NC(=O)C1=CCCCC1.[HH]. The van der Waals surface area contributed by atoms with E-state index >= 15 is 0 Å². The lowest BCUT2D eigenvalue weighted by Gasteiger charge is -2.07. The van der Waals surface area contributed by atoms with Crippen LogP contribution in [0.15, 0.2) is 11.6 Å². The molecular formula is C9H19NO. The first kappa shape index (κ1) is 10.2. The van der Waals surface area contributed by atoms with Crippen LogP contribution in [0.3, 0.4) is 0 Å². The number of hydrogen-bond donors (Lipinski definition) is 1. The van der Waals surface area contributed by atoms with Gasteiger partial charge < -0.3 is 5.73 Å². The number of allylic oxidation sites excluding steroid dienone is 1. The lowest BCUT2D eigenvalue weighted by Crippen LogP contribution is -2.15. The quantitative estimate of drug-likeness (QED) is 0.623. The van der Waals surface area contributed by atoms with Crippen molar-refractivity contribution in [3.63, 3.8) is 0 Å². The minimum Gasteiger partial charge on any atom is -0.366 e. The maximum Gasteiger partial charge on any atom is 0.244 e. The average Bonchev–Trinajstić information content (AvgIpc) is 2.10. The van der Waals surface area contributed by atoms with E-state index in [4.69, 9.17) is 5.73 Å². The highest BCUT2D eigenvalue weighted by Crippen LogP contribution is 2.16. The zero-order valence-corrected chi connectivity index (χ0v) is 7.39. The highest BCUT2D eigenvalue weighted by Gasteiger charge is 2.06. The van der Waals surface area contributed by atoms with Crippen molar-refractivity contribution >= 4 is 5.91 Å². The lowest BCUT2D eigenvalue weighted by atomic mass is 9.99. The molecule has 0 radical (unpaired) electrons. The molecule has 0 heterocycles. The molecule has 1 aliphatic rings. The fraction of sp³-hybridized carbons (Fsp3) is 0.667. The summed E-state index contributed by atoms with van der Waals surface area (Å²) in [5, 5.41) is 0. The van der Waals surface area contributed by atoms with E-state index in [1.807, 2.05) is 19.9 Å². The molecule has 0 aliphatic heterocycles. The van der Waals surface area contributed by atoms with Crippen LogP contribution in [0.4, 0.5) is 0 Å². The summed E-state index contributed by atoms with van der Waals surface area (Å²) in [5.41, 5.74) is 5.88. The summed E-state index contributed by atoms with van der Waals surface area (Å²) in [6.07, 6.45) is 6.19. The first-order valence-electron chi connectivity index (χ1n) is 4.29. The van der Waals surface area contributed by atoms with E-state index in [-0.39, 0.29) is 7.33 Å². The molecule has 66 valence electrons. The topological polar surface area (TPSA) is 43.1 Å². The Bertz CT molecular complexity index is 155. The van der Waals surface area contributed by atoms with Gasteiger partial charge in [0.15, 0.2) is 0 Å². The van der Waals surface area contributed by atoms with Crippen LogP contribution in [0.5, 0.6) is 0 Å². The van der Waals surface area contributed by atoms with Gasteiger partial charge in [-0.05, 0) is 25.7 Å². The van der Waals surface area contributed by atoms with Gasteiger partial charge in [-0.2, -0.15) is 0 Å². The lowest BCUT2D eigenvalue weighted by molar-refractivity contribution is -0.114. The largest absolute Gasteiger partial charge is 0.366 e. The van der Waals surface area contributed by atoms with Crippen LogP contribution in [0.25, 0.3) is 0 Å². The zero-order valence-electron chi connectivity index (χ0n) is 7.39. The summed E-state index contributed by atoms with van der Waals surface area (Å²) >= 11 is 0. The number of rotatable bonds is 1. The number of amides is 1. The Morgan fingerprint density at radius 1 is 1.55 bits per heavy atom. The molecule has 1 rings (SSSR count). The third-order valence-corrected chi connectivity index (χ3v) is 1.61. The van der Waals surface area contributed by atoms with Crippen molar-refractivity contribution in [1.82, 2.24) is 0 Å². The van der Waals surface area contributed by atoms with E-state index in [0.717, 1.165) is 24.8 Å². The van der Waals surface area contributed by atoms with E-state index < -0.39 is 0 Å². The Morgan fingerprint density at radius 2 is 2.18 bits per heavy atom. The van der Waals surface area contributed by atoms with Crippen LogP contribution in [0.1, 0.15) is 41.0 Å². The predicted octanol–water partition coefficient (Wildman–Crippen LogP) is 2.24. The third kappa shape index (κ3) is 3.81. The Balaban J connectivity index is 0. The van der Waals surface area contributed by atoms with Crippen LogP contribution >= 0.6 is 0 Å². The Kier molecular flexibility index (Phi) is 5.53. The molecule has 0 atom stereocenters. The van der Waals surface area contributed by atoms with Gasteiger partial charge in [0.1, 0.15) is 0 Å². The third-order valence-electron chi connectivity index (χ3n) is 1.61. The van der Waals surface area contributed by atoms with Gasteiger partial charge >= 0.3 is 0 Å². The van der Waals surface area contributed by atoms with E-state index in [1.54, 1.807) is 0 Å². The van der Waals surface area contributed by atoms with Crippen molar-refractivity contribution in [1.29, 1.82) is 0 Å². The van der Waals surface area contributed by atoms with E-state index in [2.05, 4.69) is 0 Å². The van der Waals surface area contributed by atoms with Crippen LogP contribution < -0.4 is 5.73 Å². The van der Waals surface area contributed by atoms with Gasteiger partial charge in [-0.3, -0.25) is 4.79 Å². The van der Waals surface area contributed by atoms with Gasteiger partial charge in [0.25, 0.3) is 0 Å². The number of hydrogen-bond acceptors (Lipinski definition) is 1. The molecule has 0 saturated carbocycles. The predicted molar refractivity (Wildman–Crippen MR) is 49.2 cm³/mol. The molecular weight excluding hydrogens is 138 g/mol. The summed E-state index contributed by atoms with van der Waals surface area (Å²) in [5.74, 6) is -0.241. The molecule has 0 aromatic rings. The van der Waals surface area contributed by atoms with Gasteiger partial charge in [0.05, 0.1) is 0 Å². The van der Waals surface area contributed by atoms with Gasteiger partial charge in [0.2, 0.25) is 5.91 Å². The molecule has 2 nitrogen and oxygen atoms in total. The molecule has 0 saturated heterocycles. The van der Waals surface area contributed by atoms with Gasteiger partial charge in [-0.15, -0.1) is 0 Å². The van der Waals surface area contributed by atoms with Gasteiger partial charge in [0, 0.05) is 7.00 Å². The molecule has 2 N–H and O–H groups in total. The summed E-state index contributed by atoms with van der Waals surface area (Å²) in [4.78, 5) is 10.5. The molecule has 0 unspecified atom stereocenters. The fourth-order valence-electron chi connectivity index (χ4n) is 1.06. The maximum absolute atomic E-state index is 10.5. The molecule has 0 spiro atoms. The first-order chi connectivity index (χ1) is 5.30. The van der Waals surface area contributed by atoms with Crippen LogP contribution in [0, 0.1) is 0 Å². The summed E-state index contributed by atoms with van der Waals surface area (Å²) in [7, 11) is 0. The second-order valence-electron chi connectivity index (χ2n) is 2.34. The second kappa shape index (κ2) is 5.96. The molecule has 11 heavy (non-hydrogen) atoms. The molecule has 1 aliphatic carbocycles. The van der Waals surface area contributed by atoms with E-state index in [0.29, 0.717) is 0 Å². The van der Waals surface area contributed by atoms with Crippen molar-refractivity contribution in [3.05, 3.63) is 11.6 Å². The number of carbonyl (C=O) groups is 1. The van der Waals surface area contributed by atoms with Crippen molar-refractivity contribution in [2.45, 2.75) is 39.5 Å². The van der Waals surface area contributed by atoms with Crippen molar-refractivity contribution in [3.8, 4) is 0 Å². The molecule has 0 fully saturated rings. The fourth-order valence-corrected chi connectivity index (χ4v) is 1.06. The van der Waals surface area contributed by atoms with Gasteiger partial charge in [-0.25, -0.2) is 0 Å². The highest BCUT2D eigenvalue weighted by molar-refractivity contribution is 5.91. The Morgan fingerprint density at radius 3 is 2.45 bits per heavy atom. The minimum absolute atomic E-state index is 0. The van der Waals surface area contributed by atoms with Crippen molar-refractivity contribution in [2.75, 3.05) is 0 Å². The number of primary amides is 1. The van der Waals surface area contributed by atoms with Crippen LogP contribution in [-0.4, -0.2) is 5.91 Å². The zero-order chi connectivity index (χ0) is 8.69. The standard InChI is InChI=1S/C7H11NO.C2H6.H2/c8-7(9)6-4-2-1-3-5-6;1-2;/h4H,1-3,5H2,(H2,8,9);1-2H3;1H. The minimum atomic E-state index is -0.241. The number of carbonyl (C=O) groups excluding carboxylic acids is 1. The van der Waals surface area contributed by atoms with Crippen molar-refractivity contribution < 1.29 is 6.22 Å². The molecule has 0 bridgehead atoms. The highest BCUT2D eigenvalue weighted by atomic mass is 16.1. The molecule has 2 heteroatoms. The molecule has 0 aromatic carbocycles. The molecule has 1 amide bonds. The Hall–Kier alpha value is -0.790. The first-order valence-corrected chi connectivity index (χ1v) is 4.29. The molecule has 0 aromatic heterocycles. The van der Waals surface area contributed by atoms with E-state index in [9.17, 15) is 4.79 Å². The van der Waals surface area contributed by atoms with E-state index in [1.165, 1.54) is 6.42 Å². The van der Waals surface area contributed by atoms with Crippen molar-refractivity contribution in [2.24, 2.45) is 5.73 Å². The maximum atomic E-state index is 10.5. The second-order valence-corrected chi connectivity index (χ2v) is 2.34. The van der Waals surface area contributed by atoms with Crippen LogP contribution in [-0.2, 0) is 4.79 Å².